The Bertz CT molecular complexity index is 1230. The molecule has 8 heteroatoms. The number of ether oxygens (including phenoxy) is 2. The molecule has 2 aromatic heterocycles. The molecule has 1 N–H and O–H groups in total. The number of nitrogens with zero attached hydrogens (tertiary/aromatic N) is 3. The summed E-state index contributed by atoms with van der Waals surface area (Å²) in [4.78, 5) is 24.8. The van der Waals surface area contributed by atoms with Gasteiger partial charge >= 0.3 is 0 Å². The summed E-state index contributed by atoms with van der Waals surface area (Å²) in [7, 11) is 1.61. The third-order valence-electron chi connectivity index (χ3n) is 4.78. The van der Waals surface area contributed by atoms with Gasteiger partial charge in [-0.15, -0.1) is 0 Å². The molecule has 1 amide bonds. The van der Waals surface area contributed by atoms with Gasteiger partial charge in [0.25, 0.3) is 11.5 Å². The Labute approximate surface area is 178 Å². The highest BCUT2D eigenvalue weighted by molar-refractivity contribution is 5.77. The molecule has 0 saturated carbocycles. The van der Waals surface area contributed by atoms with Crippen LogP contribution in [0.2, 0.25) is 0 Å². The smallest absolute Gasteiger partial charge is 0.276 e. The number of rotatable bonds is 8. The minimum atomic E-state index is -0.246. The number of methoxy groups -OCH3 is 1. The van der Waals surface area contributed by atoms with E-state index >= 15 is 0 Å². The van der Waals surface area contributed by atoms with Crippen molar-refractivity contribution < 1.29 is 14.3 Å². The van der Waals surface area contributed by atoms with Crippen molar-refractivity contribution in [1.29, 1.82) is 0 Å². The van der Waals surface area contributed by atoms with E-state index in [1.54, 1.807) is 46.8 Å². The quantitative estimate of drug-likeness (QED) is 0.475. The third-order valence-corrected chi connectivity index (χ3v) is 4.78. The summed E-state index contributed by atoms with van der Waals surface area (Å²) >= 11 is 0. The molecule has 0 spiro atoms. The first-order chi connectivity index (χ1) is 15.1. The van der Waals surface area contributed by atoms with Crippen molar-refractivity contribution in [2.45, 2.75) is 6.54 Å². The number of para-hydroxylation sites is 1. The van der Waals surface area contributed by atoms with Gasteiger partial charge in [0.1, 0.15) is 17.0 Å². The maximum atomic E-state index is 12.8. The minimum absolute atomic E-state index is 0.0776. The lowest BCUT2D eigenvalue weighted by Crippen LogP contribution is -2.33. The van der Waals surface area contributed by atoms with E-state index < -0.39 is 0 Å². The maximum Gasteiger partial charge on any atom is 0.276 e. The van der Waals surface area contributed by atoms with Gasteiger partial charge < -0.3 is 19.4 Å². The van der Waals surface area contributed by atoms with Crippen LogP contribution in [0.5, 0.6) is 11.5 Å². The molecule has 0 unspecified atom stereocenters. The van der Waals surface area contributed by atoms with Crippen LogP contribution in [0.1, 0.15) is 0 Å². The summed E-state index contributed by atoms with van der Waals surface area (Å²) in [6.45, 7) is 0.577. The Morgan fingerprint density at radius 1 is 1.03 bits per heavy atom. The molecule has 0 aliphatic carbocycles. The highest BCUT2D eigenvalue weighted by Gasteiger charge is 2.10. The molecule has 0 radical (unpaired) electrons. The van der Waals surface area contributed by atoms with Crippen LogP contribution < -0.4 is 20.3 Å². The Morgan fingerprint density at radius 3 is 2.55 bits per heavy atom. The molecule has 0 fully saturated rings. The summed E-state index contributed by atoms with van der Waals surface area (Å²) in [6.07, 6.45) is 3.39. The minimum Gasteiger partial charge on any atom is -0.497 e. The lowest BCUT2D eigenvalue weighted by molar-refractivity contribution is -0.123. The zero-order valence-corrected chi connectivity index (χ0v) is 17.0. The number of amides is 1. The van der Waals surface area contributed by atoms with Crippen molar-refractivity contribution in [2.75, 3.05) is 20.3 Å². The molecule has 158 valence electrons. The molecule has 2 heterocycles. The zero-order chi connectivity index (χ0) is 21.6. The molecule has 0 aliphatic heterocycles. The lowest BCUT2D eigenvalue weighted by Gasteiger charge is -2.09. The van der Waals surface area contributed by atoms with Gasteiger partial charge in [0, 0.05) is 31.0 Å². The molecule has 0 bridgehead atoms. The summed E-state index contributed by atoms with van der Waals surface area (Å²) in [5.74, 6) is 1.14. The Morgan fingerprint density at radius 2 is 1.81 bits per heavy atom. The first-order valence-corrected chi connectivity index (χ1v) is 9.82. The van der Waals surface area contributed by atoms with Gasteiger partial charge in [0.15, 0.2) is 6.61 Å². The summed E-state index contributed by atoms with van der Waals surface area (Å²) in [5, 5.41) is 7.24. The average molecular weight is 418 g/mol. The Balaban J connectivity index is 1.38. The molecular formula is C23H22N4O4. The van der Waals surface area contributed by atoms with E-state index in [2.05, 4.69) is 10.4 Å². The van der Waals surface area contributed by atoms with Crippen LogP contribution in [0.25, 0.3) is 16.8 Å². The van der Waals surface area contributed by atoms with Crippen LogP contribution in [-0.4, -0.2) is 40.3 Å². The molecule has 31 heavy (non-hydrogen) atoms. The second-order valence-electron chi connectivity index (χ2n) is 6.84. The SMILES string of the molecule is COc1ccc(-c2cc3c(=O)n(CCNC(=O)COc4ccccc4)ccn3n2)cc1. The van der Waals surface area contributed by atoms with Gasteiger partial charge in [-0.05, 0) is 42.5 Å². The van der Waals surface area contributed by atoms with Crippen molar-refractivity contribution in [1.82, 2.24) is 19.5 Å². The third kappa shape index (κ3) is 4.75. The highest BCUT2D eigenvalue weighted by Crippen LogP contribution is 2.21. The molecule has 4 rings (SSSR count). The van der Waals surface area contributed by atoms with Crippen LogP contribution in [-0.2, 0) is 11.3 Å². The van der Waals surface area contributed by atoms with E-state index in [4.69, 9.17) is 9.47 Å². The van der Waals surface area contributed by atoms with Gasteiger partial charge in [-0.25, -0.2) is 4.52 Å². The predicted octanol–water partition coefficient (Wildman–Crippen LogP) is 2.37. The Kier molecular flexibility index (Phi) is 5.98. The second kappa shape index (κ2) is 9.17. The summed E-state index contributed by atoms with van der Waals surface area (Å²) < 4.78 is 13.7. The van der Waals surface area contributed by atoms with Gasteiger partial charge in [-0.2, -0.15) is 5.10 Å². The maximum absolute atomic E-state index is 12.8. The number of fused-ring (bicyclic) bond motifs is 1. The van der Waals surface area contributed by atoms with Crippen LogP contribution >= 0.6 is 0 Å². The van der Waals surface area contributed by atoms with E-state index in [0.29, 0.717) is 30.0 Å². The van der Waals surface area contributed by atoms with E-state index in [-0.39, 0.29) is 18.1 Å². The summed E-state index contributed by atoms with van der Waals surface area (Å²) in [6, 6.07) is 18.4. The molecule has 0 atom stereocenters. The van der Waals surface area contributed by atoms with E-state index in [9.17, 15) is 9.59 Å². The highest BCUT2D eigenvalue weighted by atomic mass is 16.5. The van der Waals surface area contributed by atoms with E-state index in [1.165, 1.54) is 0 Å². The van der Waals surface area contributed by atoms with Crippen LogP contribution in [0.15, 0.2) is 77.9 Å². The molecule has 8 nitrogen and oxygen atoms in total. The van der Waals surface area contributed by atoms with Crippen LogP contribution in [0, 0.1) is 0 Å². The lowest BCUT2D eigenvalue weighted by atomic mass is 10.1. The van der Waals surface area contributed by atoms with Crippen molar-refractivity contribution in [3.05, 3.63) is 83.4 Å². The summed E-state index contributed by atoms with van der Waals surface area (Å²) in [5.41, 5.74) is 1.88. The average Bonchev–Trinajstić information content (AvgIpc) is 3.25. The van der Waals surface area contributed by atoms with Crippen LogP contribution in [0.3, 0.4) is 0 Å². The van der Waals surface area contributed by atoms with Crippen LogP contribution in [0.4, 0.5) is 0 Å². The van der Waals surface area contributed by atoms with Crippen molar-refractivity contribution >= 4 is 11.4 Å². The second-order valence-corrected chi connectivity index (χ2v) is 6.84. The fourth-order valence-electron chi connectivity index (χ4n) is 3.14. The molecular weight excluding hydrogens is 396 g/mol. The van der Waals surface area contributed by atoms with Crippen molar-refractivity contribution in [3.63, 3.8) is 0 Å². The first kappa shape index (κ1) is 20.2. The number of nitrogens with one attached hydrogen (secondary N) is 1. The van der Waals surface area contributed by atoms with E-state index in [1.807, 2.05) is 42.5 Å². The Hall–Kier alpha value is -4.07. The monoisotopic (exact) mass is 418 g/mol. The number of hydrogen-bond acceptors (Lipinski definition) is 5. The fourth-order valence-corrected chi connectivity index (χ4v) is 3.14. The number of carbonyl (C=O) groups excluding carboxylic acids is 1. The largest absolute Gasteiger partial charge is 0.497 e. The molecule has 4 aromatic rings. The molecule has 0 aliphatic rings. The van der Waals surface area contributed by atoms with Gasteiger partial charge in [0.2, 0.25) is 0 Å². The van der Waals surface area contributed by atoms with Crippen molar-refractivity contribution in [2.24, 2.45) is 0 Å². The standard InChI is InChI=1S/C23H22N4O4/c1-30-18-9-7-17(8-10-18)20-15-21-23(29)26(13-14-27(21)25-20)12-11-24-22(28)16-31-19-5-3-2-4-6-19/h2-10,13-15H,11-12,16H2,1H3,(H,24,28). The fraction of sp³-hybridized carbons (Fsp3) is 0.174. The number of aromatic nitrogens is 3. The topological polar surface area (TPSA) is 86.9 Å². The van der Waals surface area contributed by atoms with E-state index in [0.717, 1.165) is 11.3 Å². The number of benzene rings is 2. The normalized spacial score (nSPS) is 10.7. The number of carbonyl (C=O) groups is 1. The first-order valence-electron chi connectivity index (χ1n) is 9.82. The zero-order valence-electron chi connectivity index (χ0n) is 17.0. The predicted molar refractivity (Wildman–Crippen MR) is 116 cm³/mol. The van der Waals surface area contributed by atoms with Crippen molar-refractivity contribution in [3.8, 4) is 22.8 Å². The van der Waals surface area contributed by atoms with Gasteiger partial charge in [0.05, 0.1) is 12.8 Å². The number of hydrogen-bond donors (Lipinski definition) is 1. The molecule has 0 saturated heterocycles. The van der Waals surface area contributed by atoms with Gasteiger partial charge in [-0.3, -0.25) is 9.59 Å². The van der Waals surface area contributed by atoms with Gasteiger partial charge in [-0.1, -0.05) is 18.2 Å². The molecule has 2 aromatic carbocycles.